The Balaban J connectivity index is 2.18. The Morgan fingerprint density at radius 3 is 2.21 bits per heavy atom. The Kier molecular flexibility index (Phi) is 6.13. The van der Waals surface area contributed by atoms with Crippen LogP contribution in [0.15, 0.2) is 53.4 Å². The lowest BCUT2D eigenvalue weighted by molar-refractivity contribution is -0.137. The molecule has 0 bridgehead atoms. The Morgan fingerprint density at radius 1 is 1.04 bits per heavy atom. The van der Waals surface area contributed by atoms with Gasteiger partial charge in [-0.3, -0.25) is 4.79 Å². The summed E-state index contributed by atoms with van der Waals surface area (Å²) in [5.41, 5.74) is -1.82. The van der Waals surface area contributed by atoms with Gasteiger partial charge in [-0.05, 0) is 31.2 Å². The average molecular weight is 415 g/mol. The van der Waals surface area contributed by atoms with Gasteiger partial charge in [-0.2, -0.15) is 13.2 Å². The zero-order valence-electron chi connectivity index (χ0n) is 14.8. The Labute approximate surface area is 159 Å². The molecule has 0 aliphatic rings. The zero-order valence-corrected chi connectivity index (χ0v) is 15.6. The summed E-state index contributed by atoms with van der Waals surface area (Å²) < 4.78 is 67.4. The van der Waals surface area contributed by atoms with Crippen LogP contribution in [0, 0.1) is 0 Å². The van der Waals surface area contributed by atoms with Crippen molar-refractivity contribution in [2.24, 2.45) is 0 Å². The van der Waals surface area contributed by atoms with Crippen LogP contribution in [-0.4, -0.2) is 32.7 Å². The number of rotatable bonds is 5. The summed E-state index contributed by atoms with van der Waals surface area (Å²) in [4.78, 5) is 24.1. The third kappa shape index (κ3) is 5.10. The van der Waals surface area contributed by atoms with E-state index in [1.807, 2.05) is 0 Å². The van der Waals surface area contributed by atoms with Crippen LogP contribution in [-0.2, 0) is 25.5 Å². The quantitative estimate of drug-likeness (QED) is 0.757. The summed E-state index contributed by atoms with van der Waals surface area (Å²) in [5.74, 6) is -2.09. The lowest BCUT2D eigenvalue weighted by atomic mass is 10.1. The Hall–Kier alpha value is -2.88. The summed E-state index contributed by atoms with van der Waals surface area (Å²) in [6, 6.07) is 9.59. The fourth-order valence-electron chi connectivity index (χ4n) is 2.31. The van der Waals surface area contributed by atoms with Crippen LogP contribution >= 0.6 is 0 Å². The molecule has 0 spiro atoms. The number of hydrogen-bond acceptors (Lipinski definition) is 5. The minimum Gasteiger partial charge on any atom is -0.449 e. The maximum atomic E-state index is 13.0. The van der Waals surface area contributed by atoms with Gasteiger partial charge in [0.15, 0.2) is 15.9 Å². The molecule has 0 fully saturated rings. The van der Waals surface area contributed by atoms with Gasteiger partial charge in [-0.1, -0.05) is 24.3 Å². The number of benzene rings is 2. The van der Waals surface area contributed by atoms with Crippen molar-refractivity contribution in [1.82, 2.24) is 0 Å². The van der Waals surface area contributed by atoms with Crippen molar-refractivity contribution in [2.45, 2.75) is 24.1 Å². The molecule has 0 saturated heterocycles. The third-order valence-electron chi connectivity index (χ3n) is 3.65. The zero-order chi connectivity index (χ0) is 21.1. The van der Waals surface area contributed by atoms with Crippen molar-refractivity contribution in [1.29, 1.82) is 0 Å². The van der Waals surface area contributed by atoms with Crippen LogP contribution in [0.3, 0.4) is 0 Å². The monoisotopic (exact) mass is 415 g/mol. The van der Waals surface area contributed by atoms with E-state index in [1.54, 1.807) is 0 Å². The third-order valence-corrected chi connectivity index (χ3v) is 4.80. The Bertz CT molecular complexity index is 1000. The fourth-order valence-corrected chi connectivity index (χ4v) is 3.19. The molecule has 0 saturated carbocycles. The second kappa shape index (κ2) is 8.01. The number of amides is 1. The van der Waals surface area contributed by atoms with Crippen molar-refractivity contribution in [2.75, 3.05) is 11.6 Å². The number of anilines is 1. The number of hydrogen-bond donors (Lipinski definition) is 1. The maximum absolute atomic E-state index is 13.0. The number of esters is 1. The molecule has 2 aromatic rings. The molecule has 0 unspecified atom stereocenters. The number of alkyl halides is 3. The van der Waals surface area contributed by atoms with Crippen LogP contribution in [0.1, 0.15) is 22.8 Å². The predicted molar refractivity (Wildman–Crippen MR) is 94.5 cm³/mol. The smallest absolute Gasteiger partial charge is 0.418 e. The summed E-state index contributed by atoms with van der Waals surface area (Å²) in [5, 5.41) is 2.06. The van der Waals surface area contributed by atoms with Crippen LogP contribution in [0.2, 0.25) is 0 Å². The highest BCUT2D eigenvalue weighted by Crippen LogP contribution is 2.34. The molecule has 28 heavy (non-hydrogen) atoms. The lowest BCUT2D eigenvalue weighted by Gasteiger charge is -2.17. The summed E-state index contributed by atoms with van der Waals surface area (Å²) in [6.07, 6.45) is -5.25. The van der Waals surface area contributed by atoms with Crippen LogP contribution in [0.4, 0.5) is 18.9 Å². The number of carbonyl (C=O) groups excluding carboxylic acids is 2. The minimum absolute atomic E-state index is 0.277. The lowest BCUT2D eigenvalue weighted by Crippen LogP contribution is -2.31. The van der Waals surface area contributed by atoms with Crippen molar-refractivity contribution in [3.05, 3.63) is 59.7 Å². The van der Waals surface area contributed by atoms with Gasteiger partial charge in [0.25, 0.3) is 5.91 Å². The van der Waals surface area contributed by atoms with Gasteiger partial charge in [0.1, 0.15) is 0 Å². The first-order chi connectivity index (χ1) is 12.9. The normalized spacial score (nSPS) is 12.9. The van der Waals surface area contributed by atoms with E-state index in [1.165, 1.54) is 36.4 Å². The molecule has 2 aromatic carbocycles. The maximum Gasteiger partial charge on any atom is 0.418 e. The first-order valence-corrected chi connectivity index (χ1v) is 9.77. The Morgan fingerprint density at radius 2 is 1.61 bits per heavy atom. The summed E-state index contributed by atoms with van der Waals surface area (Å²) in [7, 11) is -3.73. The van der Waals surface area contributed by atoms with Crippen molar-refractivity contribution in [3.63, 3.8) is 0 Å². The average Bonchev–Trinajstić information content (AvgIpc) is 2.60. The van der Waals surface area contributed by atoms with E-state index >= 15 is 0 Å². The number of halogens is 3. The first-order valence-electron chi connectivity index (χ1n) is 7.88. The highest BCUT2D eigenvalue weighted by atomic mass is 32.2. The van der Waals surface area contributed by atoms with Crippen LogP contribution in [0.5, 0.6) is 0 Å². The molecule has 150 valence electrons. The highest BCUT2D eigenvalue weighted by Gasteiger charge is 2.34. The van der Waals surface area contributed by atoms with E-state index < -0.39 is 45.2 Å². The van der Waals surface area contributed by atoms with E-state index in [2.05, 4.69) is 5.32 Å². The number of ether oxygens (including phenoxy) is 1. The van der Waals surface area contributed by atoms with Crippen molar-refractivity contribution in [3.8, 4) is 0 Å². The number of sulfone groups is 1. The molecule has 10 heteroatoms. The molecule has 0 aromatic heterocycles. The van der Waals surface area contributed by atoms with Gasteiger partial charge >= 0.3 is 12.1 Å². The summed E-state index contributed by atoms with van der Waals surface area (Å²) in [6.45, 7) is 1.16. The number of carbonyl (C=O) groups is 2. The molecule has 1 N–H and O–H groups in total. The van der Waals surface area contributed by atoms with Crippen LogP contribution in [0.25, 0.3) is 0 Å². The topological polar surface area (TPSA) is 89.5 Å². The van der Waals surface area contributed by atoms with Gasteiger partial charge in [0.2, 0.25) is 0 Å². The van der Waals surface area contributed by atoms with Crippen molar-refractivity contribution >= 4 is 27.4 Å². The molecule has 0 radical (unpaired) electrons. The highest BCUT2D eigenvalue weighted by molar-refractivity contribution is 7.90. The van der Waals surface area contributed by atoms with E-state index in [0.717, 1.165) is 25.3 Å². The van der Waals surface area contributed by atoms with Gasteiger partial charge in [-0.15, -0.1) is 0 Å². The molecular formula is C18H16F3NO5S. The SMILES string of the molecule is C[C@H](OC(=O)c1ccccc1S(C)(=O)=O)C(=O)Nc1ccccc1C(F)(F)F. The van der Waals surface area contributed by atoms with Gasteiger partial charge in [0.05, 0.1) is 21.7 Å². The molecule has 0 aliphatic carbocycles. The standard InChI is InChI=1S/C18H16F3NO5S/c1-11(16(23)22-14-9-5-4-8-13(14)18(19,20)21)27-17(24)12-7-3-6-10-15(12)28(2,25)26/h3-11H,1-2H3,(H,22,23)/t11-/m0/s1. The molecule has 1 atom stereocenters. The predicted octanol–water partition coefficient (Wildman–Crippen LogP) is 3.29. The number of para-hydroxylation sites is 1. The number of nitrogens with one attached hydrogen (secondary N) is 1. The van der Waals surface area contributed by atoms with Gasteiger partial charge < -0.3 is 10.1 Å². The molecule has 1 amide bonds. The van der Waals surface area contributed by atoms with E-state index in [-0.39, 0.29) is 10.5 Å². The minimum atomic E-state index is -4.68. The second-order valence-electron chi connectivity index (χ2n) is 5.85. The second-order valence-corrected chi connectivity index (χ2v) is 7.83. The van der Waals surface area contributed by atoms with Gasteiger partial charge in [0, 0.05) is 6.26 Å². The molecule has 0 heterocycles. The van der Waals surface area contributed by atoms with E-state index in [9.17, 15) is 31.2 Å². The molecule has 6 nitrogen and oxygen atoms in total. The van der Waals surface area contributed by atoms with Crippen molar-refractivity contribution < 1.29 is 35.9 Å². The van der Waals surface area contributed by atoms with Crippen LogP contribution < -0.4 is 5.32 Å². The molecule has 0 aliphatic heterocycles. The fraction of sp³-hybridized carbons (Fsp3) is 0.222. The van der Waals surface area contributed by atoms with E-state index in [4.69, 9.17) is 4.74 Å². The van der Waals surface area contributed by atoms with Gasteiger partial charge in [-0.25, -0.2) is 13.2 Å². The largest absolute Gasteiger partial charge is 0.449 e. The first kappa shape index (κ1) is 21.4. The molecular weight excluding hydrogens is 399 g/mol. The summed E-state index contributed by atoms with van der Waals surface area (Å²) >= 11 is 0. The molecule has 2 rings (SSSR count). The van der Waals surface area contributed by atoms with E-state index in [0.29, 0.717) is 0 Å².